The van der Waals surface area contributed by atoms with Gasteiger partial charge in [-0.25, -0.2) is 4.98 Å². The molecule has 1 atom stereocenters. The monoisotopic (exact) mass is 272 g/mol. The van der Waals surface area contributed by atoms with Crippen molar-refractivity contribution in [3.63, 3.8) is 0 Å². The summed E-state index contributed by atoms with van der Waals surface area (Å²) in [6, 6.07) is 10.7. The van der Waals surface area contributed by atoms with E-state index in [1.807, 2.05) is 0 Å². The summed E-state index contributed by atoms with van der Waals surface area (Å²) in [5, 5.41) is 0.679. The molecule has 1 aromatic carbocycles. The standard InChI is InChI=1S/C14H16N4S/c15-13(16)18-14-17-11-7-6-10(8-12(11)19-14)9-4-2-1-3-5-9/h1-5,10H,6-8H2,(H4,15,16,17,18)/t10-/m0/s1. The molecule has 1 heterocycles. The summed E-state index contributed by atoms with van der Waals surface area (Å²) in [7, 11) is 0. The number of nitrogens with two attached hydrogens (primary N) is 2. The van der Waals surface area contributed by atoms with E-state index in [1.165, 1.54) is 10.4 Å². The van der Waals surface area contributed by atoms with Crippen molar-refractivity contribution in [2.45, 2.75) is 25.2 Å². The molecular formula is C14H16N4S. The Kier molecular flexibility index (Phi) is 3.21. The number of guanidine groups is 1. The minimum Gasteiger partial charge on any atom is -0.370 e. The van der Waals surface area contributed by atoms with Crippen LogP contribution in [0.5, 0.6) is 0 Å². The van der Waals surface area contributed by atoms with E-state index in [1.54, 1.807) is 11.3 Å². The molecule has 2 aromatic rings. The Morgan fingerprint density at radius 3 is 2.79 bits per heavy atom. The number of rotatable bonds is 2. The van der Waals surface area contributed by atoms with Crippen molar-refractivity contribution in [2.24, 2.45) is 16.5 Å². The van der Waals surface area contributed by atoms with Gasteiger partial charge in [-0.15, -0.1) is 0 Å². The number of hydrogen-bond acceptors (Lipinski definition) is 3. The van der Waals surface area contributed by atoms with Crippen LogP contribution in [-0.2, 0) is 12.8 Å². The van der Waals surface area contributed by atoms with Gasteiger partial charge in [0, 0.05) is 4.88 Å². The fourth-order valence-corrected chi connectivity index (χ4v) is 3.61. The van der Waals surface area contributed by atoms with Crippen molar-refractivity contribution in [1.29, 1.82) is 0 Å². The average molecular weight is 272 g/mol. The third-order valence-electron chi connectivity index (χ3n) is 3.42. The van der Waals surface area contributed by atoms with E-state index in [0.717, 1.165) is 25.0 Å². The van der Waals surface area contributed by atoms with Crippen molar-refractivity contribution in [2.75, 3.05) is 0 Å². The number of hydrogen-bond donors (Lipinski definition) is 2. The van der Waals surface area contributed by atoms with Gasteiger partial charge in [0.1, 0.15) is 0 Å². The molecule has 3 rings (SSSR count). The van der Waals surface area contributed by atoms with Crippen molar-refractivity contribution in [3.05, 3.63) is 46.5 Å². The van der Waals surface area contributed by atoms with Crippen LogP contribution in [0.3, 0.4) is 0 Å². The van der Waals surface area contributed by atoms with Gasteiger partial charge in [0.15, 0.2) is 5.96 Å². The van der Waals surface area contributed by atoms with E-state index < -0.39 is 0 Å². The topological polar surface area (TPSA) is 77.3 Å². The molecule has 0 saturated carbocycles. The first-order valence-corrected chi connectivity index (χ1v) is 7.17. The highest BCUT2D eigenvalue weighted by Crippen LogP contribution is 2.37. The Labute approximate surface area is 116 Å². The molecule has 0 aliphatic heterocycles. The molecule has 1 aliphatic rings. The molecular weight excluding hydrogens is 256 g/mol. The first kappa shape index (κ1) is 12.2. The fraction of sp³-hybridized carbons (Fsp3) is 0.286. The smallest absolute Gasteiger partial charge is 0.212 e. The van der Waals surface area contributed by atoms with Crippen molar-refractivity contribution in [1.82, 2.24) is 4.98 Å². The van der Waals surface area contributed by atoms with Crippen LogP contribution in [0.25, 0.3) is 0 Å². The lowest BCUT2D eigenvalue weighted by Gasteiger charge is -2.21. The highest BCUT2D eigenvalue weighted by Gasteiger charge is 2.23. The third kappa shape index (κ3) is 2.61. The number of thiazole rings is 1. The molecule has 0 spiro atoms. The predicted molar refractivity (Wildman–Crippen MR) is 78.8 cm³/mol. The first-order valence-electron chi connectivity index (χ1n) is 6.35. The maximum Gasteiger partial charge on any atom is 0.212 e. The number of nitrogens with zero attached hydrogens (tertiary/aromatic N) is 2. The Morgan fingerprint density at radius 2 is 2.05 bits per heavy atom. The zero-order chi connectivity index (χ0) is 13.2. The molecule has 1 aliphatic carbocycles. The summed E-state index contributed by atoms with van der Waals surface area (Å²) < 4.78 is 0. The van der Waals surface area contributed by atoms with Gasteiger partial charge in [0.05, 0.1) is 5.69 Å². The Hall–Kier alpha value is -1.88. The molecule has 0 unspecified atom stereocenters. The summed E-state index contributed by atoms with van der Waals surface area (Å²) in [5.74, 6) is 0.659. The lowest BCUT2D eigenvalue weighted by molar-refractivity contribution is 0.584. The molecule has 0 amide bonds. The summed E-state index contributed by atoms with van der Waals surface area (Å²) in [4.78, 5) is 9.85. The largest absolute Gasteiger partial charge is 0.370 e. The van der Waals surface area contributed by atoms with Gasteiger partial charge in [0.25, 0.3) is 0 Å². The van der Waals surface area contributed by atoms with Crippen molar-refractivity contribution < 1.29 is 0 Å². The Balaban J connectivity index is 1.84. The second kappa shape index (κ2) is 5.01. The number of fused-ring (bicyclic) bond motifs is 1. The number of benzene rings is 1. The van der Waals surface area contributed by atoms with Crippen molar-refractivity contribution >= 4 is 22.4 Å². The Bertz CT molecular complexity index is 599. The second-order valence-corrected chi connectivity index (χ2v) is 5.82. The quantitative estimate of drug-likeness (QED) is 0.650. The van der Waals surface area contributed by atoms with Crippen LogP contribution in [0, 0.1) is 0 Å². The summed E-state index contributed by atoms with van der Waals surface area (Å²) in [6.07, 6.45) is 3.18. The van der Waals surface area contributed by atoms with E-state index in [9.17, 15) is 0 Å². The van der Waals surface area contributed by atoms with Crippen LogP contribution in [0.4, 0.5) is 5.13 Å². The first-order chi connectivity index (χ1) is 9.22. The van der Waals surface area contributed by atoms with E-state index in [0.29, 0.717) is 11.0 Å². The van der Waals surface area contributed by atoms with E-state index >= 15 is 0 Å². The molecule has 4 N–H and O–H groups in total. The van der Waals surface area contributed by atoms with E-state index in [-0.39, 0.29) is 5.96 Å². The summed E-state index contributed by atoms with van der Waals surface area (Å²) in [5.41, 5.74) is 13.4. The van der Waals surface area contributed by atoms with Gasteiger partial charge in [-0.2, -0.15) is 4.99 Å². The molecule has 1 aromatic heterocycles. The van der Waals surface area contributed by atoms with Gasteiger partial charge in [-0.3, -0.25) is 0 Å². The second-order valence-electron chi connectivity index (χ2n) is 4.75. The number of aryl methyl sites for hydroxylation is 1. The van der Waals surface area contributed by atoms with Gasteiger partial charge >= 0.3 is 0 Å². The average Bonchev–Trinajstić information content (AvgIpc) is 2.79. The normalized spacial score (nSPS) is 17.8. The maximum absolute atomic E-state index is 5.40. The molecule has 5 heteroatoms. The van der Waals surface area contributed by atoms with Crippen LogP contribution >= 0.6 is 11.3 Å². The van der Waals surface area contributed by atoms with Crippen LogP contribution in [0.2, 0.25) is 0 Å². The Morgan fingerprint density at radius 1 is 1.26 bits per heavy atom. The SMILES string of the molecule is NC(N)=Nc1nc2c(s1)C[C@@H](c1ccccc1)CC2. The van der Waals surface area contributed by atoms with Gasteiger partial charge < -0.3 is 11.5 Å². The maximum atomic E-state index is 5.40. The predicted octanol–water partition coefficient (Wildman–Crippen LogP) is 2.32. The lowest BCUT2D eigenvalue weighted by atomic mass is 9.85. The third-order valence-corrected chi connectivity index (χ3v) is 4.44. The van der Waals surface area contributed by atoms with Gasteiger partial charge in [-0.1, -0.05) is 41.7 Å². The summed E-state index contributed by atoms with van der Waals surface area (Å²) in [6.45, 7) is 0. The van der Waals surface area contributed by atoms with E-state index in [4.69, 9.17) is 11.5 Å². The molecule has 19 heavy (non-hydrogen) atoms. The highest BCUT2D eigenvalue weighted by molar-refractivity contribution is 7.15. The minimum absolute atomic E-state index is 0.0747. The van der Waals surface area contributed by atoms with Gasteiger partial charge in [0.2, 0.25) is 5.13 Å². The number of aromatic nitrogens is 1. The summed E-state index contributed by atoms with van der Waals surface area (Å²) >= 11 is 1.60. The zero-order valence-corrected chi connectivity index (χ0v) is 11.4. The molecule has 4 nitrogen and oxygen atoms in total. The fourth-order valence-electron chi connectivity index (χ4n) is 2.53. The van der Waals surface area contributed by atoms with Crippen LogP contribution in [-0.4, -0.2) is 10.9 Å². The molecule has 98 valence electrons. The van der Waals surface area contributed by atoms with E-state index in [2.05, 4.69) is 40.3 Å². The molecule has 0 radical (unpaired) electrons. The van der Waals surface area contributed by atoms with Crippen LogP contribution in [0.1, 0.15) is 28.5 Å². The van der Waals surface area contributed by atoms with Crippen LogP contribution in [0.15, 0.2) is 35.3 Å². The minimum atomic E-state index is 0.0747. The molecule has 0 saturated heterocycles. The van der Waals surface area contributed by atoms with Crippen LogP contribution < -0.4 is 11.5 Å². The molecule has 0 fully saturated rings. The zero-order valence-electron chi connectivity index (χ0n) is 10.5. The van der Waals surface area contributed by atoms with Gasteiger partial charge in [-0.05, 0) is 30.7 Å². The lowest BCUT2D eigenvalue weighted by Crippen LogP contribution is -2.21. The highest BCUT2D eigenvalue weighted by atomic mass is 32.1. The number of aliphatic imine (C=N–C) groups is 1. The van der Waals surface area contributed by atoms with Crippen molar-refractivity contribution in [3.8, 4) is 0 Å². The molecule has 0 bridgehead atoms.